The third-order valence-corrected chi connectivity index (χ3v) is 7.13. The minimum atomic E-state index is -3.26. The highest BCUT2D eigenvalue weighted by Crippen LogP contribution is 2.38. The molecule has 0 radical (unpaired) electrons. The van der Waals surface area contributed by atoms with Gasteiger partial charge in [-0.1, -0.05) is 0 Å². The van der Waals surface area contributed by atoms with Crippen LogP contribution in [0.1, 0.15) is 40.1 Å². The molecule has 0 spiro atoms. The fourth-order valence-electron chi connectivity index (χ4n) is 3.93. The van der Waals surface area contributed by atoms with Crippen LogP contribution in [-0.2, 0) is 22.9 Å². The van der Waals surface area contributed by atoms with Gasteiger partial charge in [-0.05, 0) is 49.8 Å². The number of nitrogens with zero attached hydrogens (tertiary/aromatic N) is 2. The van der Waals surface area contributed by atoms with Gasteiger partial charge in [0.25, 0.3) is 5.91 Å². The molecule has 26 heavy (non-hydrogen) atoms. The van der Waals surface area contributed by atoms with Gasteiger partial charge in [-0.3, -0.25) is 4.79 Å². The topological polar surface area (TPSA) is 71.4 Å². The van der Waals surface area contributed by atoms with Crippen LogP contribution >= 0.6 is 11.3 Å². The molecule has 4 rings (SSSR count). The highest BCUT2D eigenvalue weighted by Gasteiger charge is 2.33. The number of aromatic nitrogens is 1. The highest BCUT2D eigenvalue weighted by molar-refractivity contribution is 7.88. The van der Waals surface area contributed by atoms with Gasteiger partial charge < -0.3 is 9.47 Å². The third-order valence-electron chi connectivity index (χ3n) is 5.06. The Bertz CT molecular complexity index is 916. The van der Waals surface area contributed by atoms with Gasteiger partial charge >= 0.3 is 0 Å². The van der Waals surface area contributed by atoms with E-state index in [1.807, 2.05) is 29.1 Å². The zero-order valence-electron chi connectivity index (χ0n) is 14.8. The molecule has 2 aromatic rings. The maximum Gasteiger partial charge on any atom is 0.257 e. The highest BCUT2D eigenvalue weighted by atomic mass is 32.2. The molecule has 140 valence electrons. The van der Waals surface area contributed by atoms with E-state index in [4.69, 9.17) is 0 Å². The van der Waals surface area contributed by atoms with Gasteiger partial charge in [0, 0.05) is 36.4 Å². The molecule has 1 aliphatic carbocycles. The van der Waals surface area contributed by atoms with Gasteiger partial charge in [0.05, 0.1) is 11.8 Å². The van der Waals surface area contributed by atoms with Crippen LogP contribution in [0.25, 0.3) is 5.00 Å². The average molecular weight is 394 g/mol. The van der Waals surface area contributed by atoms with Crippen molar-refractivity contribution in [2.24, 2.45) is 0 Å². The third kappa shape index (κ3) is 3.45. The molecule has 1 aliphatic heterocycles. The van der Waals surface area contributed by atoms with Gasteiger partial charge in [0.15, 0.2) is 0 Å². The Morgan fingerprint density at radius 3 is 2.69 bits per heavy atom. The van der Waals surface area contributed by atoms with Crippen LogP contribution < -0.4 is 4.72 Å². The molecular formula is C18H23N3O3S2. The quantitative estimate of drug-likeness (QED) is 0.865. The second-order valence-electron chi connectivity index (χ2n) is 7.11. The van der Waals surface area contributed by atoms with Gasteiger partial charge in [-0.2, -0.15) is 0 Å². The van der Waals surface area contributed by atoms with Crippen molar-refractivity contribution in [2.45, 2.75) is 38.1 Å². The lowest BCUT2D eigenvalue weighted by atomic mass is 9.95. The Kier molecular flexibility index (Phi) is 4.66. The second kappa shape index (κ2) is 6.83. The summed E-state index contributed by atoms with van der Waals surface area (Å²) in [7, 11) is -3.26. The van der Waals surface area contributed by atoms with Crippen molar-refractivity contribution in [2.75, 3.05) is 19.3 Å². The molecule has 3 heterocycles. The van der Waals surface area contributed by atoms with Crippen LogP contribution in [0.3, 0.4) is 0 Å². The first-order valence-corrected chi connectivity index (χ1v) is 11.7. The molecule has 2 aliphatic rings. The summed E-state index contributed by atoms with van der Waals surface area (Å²) < 4.78 is 27.6. The predicted molar refractivity (Wildman–Crippen MR) is 103 cm³/mol. The fourth-order valence-corrected chi connectivity index (χ4v) is 6.07. The summed E-state index contributed by atoms with van der Waals surface area (Å²) in [5, 5.41) is 0.992. The zero-order chi connectivity index (χ0) is 18.3. The van der Waals surface area contributed by atoms with E-state index in [2.05, 4.69) is 4.72 Å². The molecule has 1 atom stereocenters. The number of rotatable bonds is 4. The van der Waals surface area contributed by atoms with Crippen molar-refractivity contribution in [1.29, 1.82) is 0 Å². The lowest BCUT2D eigenvalue weighted by molar-refractivity contribution is 0.0789. The SMILES string of the molecule is CS(=O)(=O)NC1CCN(C(=O)c2c(-n3cccc3)sc3c2CCCC3)C1. The number of hydrogen-bond donors (Lipinski definition) is 1. The van der Waals surface area contributed by atoms with E-state index in [1.165, 1.54) is 16.9 Å². The molecular weight excluding hydrogens is 370 g/mol. The smallest absolute Gasteiger partial charge is 0.257 e. The Hall–Kier alpha value is -1.64. The first-order chi connectivity index (χ1) is 12.4. The van der Waals surface area contributed by atoms with Crippen molar-refractivity contribution in [3.63, 3.8) is 0 Å². The van der Waals surface area contributed by atoms with Crippen molar-refractivity contribution in [3.8, 4) is 5.00 Å². The molecule has 1 fully saturated rings. The van der Waals surface area contributed by atoms with Crippen molar-refractivity contribution >= 4 is 27.3 Å². The van der Waals surface area contributed by atoms with Gasteiger partial charge in [-0.15, -0.1) is 11.3 Å². The van der Waals surface area contributed by atoms with Gasteiger partial charge in [0.1, 0.15) is 5.00 Å². The number of sulfonamides is 1. The number of aryl methyl sites for hydroxylation is 1. The fraction of sp³-hybridized carbons (Fsp3) is 0.500. The first-order valence-electron chi connectivity index (χ1n) is 8.97. The summed E-state index contributed by atoms with van der Waals surface area (Å²) in [6.45, 7) is 1.02. The standard InChI is InChI=1S/C18H23N3O3S2/c1-26(23,24)19-13-8-11-21(12-13)17(22)16-14-6-2-3-7-15(14)25-18(16)20-9-4-5-10-20/h4-5,9-10,13,19H,2-3,6-8,11-12H2,1H3. The summed E-state index contributed by atoms with van der Waals surface area (Å²) >= 11 is 1.72. The van der Waals surface area contributed by atoms with E-state index in [9.17, 15) is 13.2 Å². The lowest BCUT2D eigenvalue weighted by Crippen LogP contribution is -2.38. The minimum Gasteiger partial charge on any atom is -0.337 e. The monoisotopic (exact) mass is 393 g/mol. The van der Waals surface area contributed by atoms with Gasteiger partial charge in [-0.25, -0.2) is 13.1 Å². The Morgan fingerprint density at radius 1 is 1.23 bits per heavy atom. The zero-order valence-corrected chi connectivity index (χ0v) is 16.4. The van der Waals surface area contributed by atoms with E-state index in [1.54, 1.807) is 16.2 Å². The maximum atomic E-state index is 13.3. The normalized spacial score (nSPS) is 20.3. The molecule has 0 bridgehead atoms. The lowest BCUT2D eigenvalue weighted by Gasteiger charge is -2.19. The van der Waals surface area contributed by atoms with E-state index in [0.29, 0.717) is 19.5 Å². The maximum absolute atomic E-state index is 13.3. The first kappa shape index (κ1) is 17.8. The molecule has 2 aromatic heterocycles. The van der Waals surface area contributed by atoms with E-state index < -0.39 is 10.0 Å². The summed E-state index contributed by atoms with van der Waals surface area (Å²) in [5.41, 5.74) is 2.02. The number of likely N-dealkylation sites (tertiary alicyclic amines) is 1. The number of carbonyl (C=O) groups excluding carboxylic acids is 1. The summed E-state index contributed by atoms with van der Waals surface area (Å²) in [6.07, 6.45) is 10.1. The van der Waals surface area contributed by atoms with E-state index >= 15 is 0 Å². The second-order valence-corrected chi connectivity index (χ2v) is 9.97. The summed E-state index contributed by atoms with van der Waals surface area (Å²) in [6, 6.07) is 3.74. The van der Waals surface area contributed by atoms with Crippen molar-refractivity contribution in [3.05, 3.63) is 40.5 Å². The van der Waals surface area contributed by atoms with Crippen LogP contribution in [0.2, 0.25) is 0 Å². The number of hydrogen-bond acceptors (Lipinski definition) is 4. The van der Waals surface area contributed by atoms with Crippen LogP contribution in [0.4, 0.5) is 0 Å². The predicted octanol–water partition coefficient (Wildman–Crippen LogP) is 2.18. The molecule has 1 unspecified atom stereocenters. The van der Waals surface area contributed by atoms with Crippen LogP contribution in [0, 0.1) is 0 Å². The number of carbonyl (C=O) groups is 1. The molecule has 1 amide bonds. The Labute approximate surface area is 157 Å². The summed E-state index contributed by atoms with van der Waals surface area (Å²) in [5.74, 6) is 0.0332. The Morgan fingerprint density at radius 2 is 1.96 bits per heavy atom. The van der Waals surface area contributed by atoms with Crippen LogP contribution in [0.15, 0.2) is 24.5 Å². The van der Waals surface area contributed by atoms with E-state index in [-0.39, 0.29) is 11.9 Å². The molecule has 6 nitrogen and oxygen atoms in total. The number of amides is 1. The number of thiophene rings is 1. The summed E-state index contributed by atoms with van der Waals surface area (Å²) in [4.78, 5) is 16.5. The van der Waals surface area contributed by atoms with Crippen LogP contribution in [-0.4, -0.2) is 49.2 Å². The Balaban J connectivity index is 1.65. The average Bonchev–Trinajstić information content (AvgIpc) is 3.31. The van der Waals surface area contributed by atoms with Crippen molar-refractivity contribution < 1.29 is 13.2 Å². The van der Waals surface area contributed by atoms with Crippen molar-refractivity contribution in [1.82, 2.24) is 14.2 Å². The van der Waals surface area contributed by atoms with E-state index in [0.717, 1.165) is 36.1 Å². The minimum absolute atomic E-state index is 0.0332. The van der Waals surface area contributed by atoms with Crippen LogP contribution in [0.5, 0.6) is 0 Å². The molecule has 1 saturated heterocycles. The molecule has 0 aromatic carbocycles. The molecule has 8 heteroatoms. The molecule has 0 saturated carbocycles. The number of nitrogens with one attached hydrogen (secondary N) is 1. The van der Waals surface area contributed by atoms with Gasteiger partial charge in [0.2, 0.25) is 10.0 Å². The molecule has 1 N–H and O–H groups in total. The number of fused-ring (bicyclic) bond motifs is 1. The largest absolute Gasteiger partial charge is 0.337 e.